The van der Waals surface area contributed by atoms with Gasteiger partial charge in [-0.05, 0) is 42.3 Å². The number of rotatable bonds is 1. The maximum Gasteiger partial charge on any atom is 0.258 e. The zero-order chi connectivity index (χ0) is 12.5. The van der Waals surface area contributed by atoms with Gasteiger partial charge < -0.3 is 4.90 Å². The van der Waals surface area contributed by atoms with Gasteiger partial charge in [-0.25, -0.2) is 0 Å². The van der Waals surface area contributed by atoms with Crippen LogP contribution < -0.4 is 4.90 Å². The second-order valence-electron chi connectivity index (χ2n) is 4.34. The Balaban J connectivity index is 1.97. The predicted molar refractivity (Wildman–Crippen MR) is 73.3 cm³/mol. The fraction of sp³-hybridized carbons (Fsp3) is 0.133. The summed E-state index contributed by atoms with van der Waals surface area (Å²) in [5.74, 6) is 0.0687. The fourth-order valence-corrected chi connectivity index (χ4v) is 2.42. The van der Waals surface area contributed by atoms with Crippen LogP contribution >= 0.6 is 11.6 Å². The SMILES string of the molecule is O=C1c2ccccc2CCN1c1ccc(Cl)cc1. The van der Waals surface area contributed by atoms with Crippen molar-refractivity contribution < 1.29 is 4.79 Å². The van der Waals surface area contributed by atoms with E-state index in [1.807, 2.05) is 48.5 Å². The van der Waals surface area contributed by atoms with E-state index in [2.05, 4.69) is 0 Å². The zero-order valence-corrected chi connectivity index (χ0v) is 10.5. The summed E-state index contributed by atoms with van der Waals surface area (Å²) in [4.78, 5) is 14.2. The number of carbonyl (C=O) groups is 1. The van der Waals surface area contributed by atoms with Gasteiger partial charge in [-0.15, -0.1) is 0 Å². The number of nitrogens with zero attached hydrogens (tertiary/aromatic N) is 1. The second-order valence-corrected chi connectivity index (χ2v) is 4.78. The highest BCUT2D eigenvalue weighted by molar-refractivity contribution is 6.30. The summed E-state index contributed by atoms with van der Waals surface area (Å²) in [6.07, 6.45) is 0.893. The first kappa shape index (κ1) is 11.3. The number of hydrogen-bond acceptors (Lipinski definition) is 1. The summed E-state index contributed by atoms with van der Waals surface area (Å²) in [5, 5.41) is 0.684. The van der Waals surface area contributed by atoms with E-state index in [1.165, 1.54) is 0 Å². The molecule has 18 heavy (non-hydrogen) atoms. The summed E-state index contributed by atoms with van der Waals surface area (Å²) < 4.78 is 0. The third-order valence-corrected chi connectivity index (χ3v) is 3.49. The number of anilines is 1. The summed E-state index contributed by atoms with van der Waals surface area (Å²) in [6, 6.07) is 15.2. The lowest BCUT2D eigenvalue weighted by Crippen LogP contribution is -2.37. The Bertz CT molecular complexity index is 592. The molecule has 0 fully saturated rings. The molecule has 0 saturated carbocycles. The molecular weight excluding hydrogens is 246 g/mol. The third kappa shape index (κ3) is 1.89. The largest absolute Gasteiger partial charge is 0.308 e. The van der Waals surface area contributed by atoms with Crippen LogP contribution in [0.3, 0.4) is 0 Å². The first-order chi connectivity index (χ1) is 8.75. The average molecular weight is 258 g/mol. The van der Waals surface area contributed by atoms with Crippen LogP contribution in [0.4, 0.5) is 5.69 Å². The Morgan fingerprint density at radius 1 is 1.00 bits per heavy atom. The number of halogens is 1. The molecule has 0 aliphatic carbocycles. The maximum absolute atomic E-state index is 12.4. The van der Waals surface area contributed by atoms with Gasteiger partial charge in [0.25, 0.3) is 5.91 Å². The molecule has 0 N–H and O–H groups in total. The fourth-order valence-electron chi connectivity index (χ4n) is 2.29. The van der Waals surface area contributed by atoms with Crippen molar-refractivity contribution in [1.82, 2.24) is 0 Å². The van der Waals surface area contributed by atoms with Gasteiger partial charge in [0.1, 0.15) is 0 Å². The lowest BCUT2D eigenvalue weighted by molar-refractivity contribution is 0.0980. The van der Waals surface area contributed by atoms with Crippen LogP contribution in [0.15, 0.2) is 48.5 Å². The highest BCUT2D eigenvalue weighted by atomic mass is 35.5. The van der Waals surface area contributed by atoms with Gasteiger partial charge in [0, 0.05) is 22.8 Å². The first-order valence-corrected chi connectivity index (χ1v) is 6.29. The molecule has 1 amide bonds. The summed E-state index contributed by atoms with van der Waals surface area (Å²) >= 11 is 5.86. The minimum absolute atomic E-state index is 0.0687. The number of amides is 1. The molecule has 90 valence electrons. The third-order valence-electron chi connectivity index (χ3n) is 3.24. The van der Waals surface area contributed by atoms with Crippen molar-refractivity contribution >= 4 is 23.2 Å². The molecule has 0 unspecified atom stereocenters. The van der Waals surface area contributed by atoms with E-state index in [0.717, 1.165) is 29.8 Å². The number of fused-ring (bicyclic) bond motifs is 1. The molecule has 3 heteroatoms. The van der Waals surface area contributed by atoms with Gasteiger partial charge in [0.05, 0.1) is 0 Å². The molecule has 0 spiro atoms. The van der Waals surface area contributed by atoms with E-state index in [-0.39, 0.29) is 5.91 Å². The van der Waals surface area contributed by atoms with E-state index < -0.39 is 0 Å². The van der Waals surface area contributed by atoms with Crippen molar-refractivity contribution in [2.45, 2.75) is 6.42 Å². The van der Waals surface area contributed by atoms with Crippen LogP contribution in [0.1, 0.15) is 15.9 Å². The predicted octanol–water partition coefficient (Wildman–Crippen LogP) is 3.54. The highest BCUT2D eigenvalue weighted by Crippen LogP contribution is 2.25. The summed E-state index contributed by atoms with van der Waals surface area (Å²) in [5.41, 5.74) is 2.84. The van der Waals surface area contributed by atoms with Crippen molar-refractivity contribution in [3.8, 4) is 0 Å². The van der Waals surface area contributed by atoms with Crippen molar-refractivity contribution in [3.63, 3.8) is 0 Å². The Labute approximate surface area is 111 Å². The normalized spacial score (nSPS) is 14.5. The molecular formula is C15H12ClNO. The van der Waals surface area contributed by atoms with Gasteiger partial charge in [0.2, 0.25) is 0 Å². The topological polar surface area (TPSA) is 20.3 Å². The van der Waals surface area contributed by atoms with Gasteiger partial charge >= 0.3 is 0 Å². The van der Waals surface area contributed by atoms with Crippen molar-refractivity contribution in [2.75, 3.05) is 11.4 Å². The van der Waals surface area contributed by atoms with E-state index in [9.17, 15) is 4.79 Å². The van der Waals surface area contributed by atoms with Gasteiger partial charge in [-0.1, -0.05) is 29.8 Å². The molecule has 3 rings (SSSR count). The molecule has 0 bridgehead atoms. The molecule has 0 aromatic heterocycles. The molecule has 0 atom stereocenters. The van der Waals surface area contributed by atoms with E-state index in [4.69, 9.17) is 11.6 Å². The summed E-state index contributed by atoms with van der Waals surface area (Å²) in [7, 11) is 0. The average Bonchev–Trinajstić information content (AvgIpc) is 2.41. The zero-order valence-electron chi connectivity index (χ0n) is 9.77. The van der Waals surface area contributed by atoms with Crippen LogP contribution in [-0.4, -0.2) is 12.5 Å². The van der Waals surface area contributed by atoms with E-state index >= 15 is 0 Å². The smallest absolute Gasteiger partial charge is 0.258 e. The Kier molecular flexibility index (Phi) is 2.80. The van der Waals surface area contributed by atoms with Crippen LogP contribution in [0.5, 0.6) is 0 Å². The minimum Gasteiger partial charge on any atom is -0.308 e. The Hall–Kier alpha value is -1.80. The lowest BCUT2D eigenvalue weighted by Gasteiger charge is -2.28. The number of carbonyl (C=O) groups excluding carboxylic acids is 1. The second kappa shape index (κ2) is 4.46. The lowest BCUT2D eigenvalue weighted by atomic mass is 9.99. The molecule has 1 aliphatic heterocycles. The Morgan fingerprint density at radius 2 is 1.72 bits per heavy atom. The standard InChI is InChI=1S/C15H12ClNO/c16-12-5-7-13(8-6-12)17-10-9-11-3-1-2-4-14(11)15(17)18/h1-8H,9-10H2. The quantitative estimate of drug-likeness (QED) is 0.765. The van der Waals surface area contributed by atoms with Crippen LogP contribution in [-0.2, 0) is 6.42 Å². The number of benzene rings is 2. The maximum atomic E-state index is 12.4. The Morgan fingerprint density at radius 3 is 2.50 bits per heavy atom. The highest BCUT2D eigenvalue weighted by Gasteiger charge is 2.24. The van der Waals surface area contributed by atoms with Crippen molar-refractivity contribution in [2.24, 2.45) is 0 Å². The first-order valence-electron chi connectivity index (χ1n) is 5.91. The summed E-state index contributed by atoms with van der Waals surface area (Å²) in [6.45, 7) is 0.720. The monoisotopic (exact) mass is 257 g/mol. The molecule has 2 nitrogen and oxygen atoms in total. The molecule has 1 heterocycles. The molecule has 0 saturated heterocycles. The molecule has 2 aromatic carbocycles. The van der Waals surface area contributed by atoms with Crippen LogP contribution in [0.25, 0.3) is 0 Å². The van der Waals surface area contributed by atoms with Crippen LogP contribution in [0, 0.1) is 0 Å². The van der Waals surface area contributed by atoms with E-state index in [1.54, 1.807) is 4.90 Å². The molecule has 2 aromatic rings. The molecule has 0 radical (unpaired) electrons. The number of hydrogen-bond donors (Lipinski definition) is 0. The minimum atomic E-state index is 0.0687. The molecule has 1 aliphatic rings. The van der Waals surface area contributed by atoms with E-state index in [0.29, 0.717) is 5.02 Å². The van der Waals surface area contributed by atoms with Gasteiger partial charge in [0.15, 0.2) is 0 Å². The van der Waals surface area contributed by atoms with Crippen molar-refractivity contribution in [3.05, 3.63) is 64.7 Å². The van der Waals surface area contributed by atoms with Gasteiger partial charge in [-0.3, -0.25) is 4.79 Å². The van der Waals surface area contributed by atoms with Crippen molar-refractivity contribution in [1.29, 1.82) is 0 Å². The van der Waals surface area contributed by atoms with Crippen LogP contribution in [0.2, 0.25) is 5.02 Å². The van der Waals surface area contributed by atoms with Gasteiger partial charge in [-0.2, -0.15) is 0 Å².